The number of benzene rings is 2. The van der Waals surface area contributed by atoms with E-state index in [2.05, 4.69) is 5.32 Å². The third kappa shape index (κ3) is 2.83. The van der Waals surface area contributed by atoms with Crippen molar-refractivity contribution in [3.63, 3.8) is 0 Å². The molecule has 126 valence electrons. The van der Waals surface area contributed by atoms with Crippen molar-refractivity contribution in [1.29, 1.82) is 0 Å². The van der Waals surface area contributed by atoms with Crippen molar-refractivity contribution in [1.82, 2.24) is 4.90 Å². The molecule has 1 heterocycles. The van der Waals surface area contributed by atoms with Crippen LogP contribution in [0.15, 0.2) is 36.4 Å². The zero-order valence-corrected chi connectivity index (χ0v) is 13.5. The maximum atomic E-state index is 12.3. The summed E-state index contributed by atoms with van der Waals surface area (Å²) in [6, 6.07) is 7.98. The van der Waals surface area contributed by atoms with E-state index < -0.39 is 22.6 Å². The van der Waals surface area contributed by atoms with Crippen LogP contribution >= 0.6 is 11.6 Å². The molecule has 3 amide bonds. The molecule has 0 atom stereocenters. The van der Waals surface area contributed by atoms with Gasteiger partial charge < -0.3 is 5.32 Å². The lowest BCUT2D eigenvalue weighted by molar-refractivity contribution is -0.384. The molecule has 0 saturated heterocycles. The van der Waals surface area contributed by atoms with Crippen LogP contribution in [0.2, 0.25) is 5.02 Å². The summed E-state index contributed by atoms with van der Waals surface area (Å²) in [5.74, 6) is -1.48. The van der Waals surface area contributed by atoms with Crippen LogP contribution in [0.5, 0.6) is 0 Å². The van der Waals surface area contributed by atoms with Crippen LogP contribution in [0.25, 0.3) is 0 Å². The summed E-state index contributed by atoms with van der Waals surface area (Å²) in [6.45, 7) is 0. The lowest BCUT2D eigenvalue weighted by atomic mass is 10.1. The van der Waals surface area contributed by atoms with Crippen molar-refractivity contribution < 1.29 is 19.3 Å². The molecular formula is C16H10ClN3O5. The second kappa shape index (κ2) is 5.99. The van der Waals surface area contributed by atoms with Crippen LogP contribution in [0.4, 0.5) is 11.4 Å². The van der Waals surface area contributed by atoms with Crippen LogP contribution < -0.4 is 5.32 Å². The number of rotatable bonds is 3. The molecule has 1 N–H and O–H groups in total. The van der Waals surface area contributed by atoms with E-state index in [1.54, 1.807) is 0 Å². The van der Waals surface area contributed by atoms with Crippen LogP contribution in [0.1, 0.15) is 31.1 Å². The molecule has 25 heavy (non-hydrogen) atoms. The highest BCUT2D eigenvalue weighted by atomic mass is 35.5. The fourth-order valence-corrected chi connectivity index (χ4v) is 2.62. The summed E-state index contributed by atoms with van der Waals surface area (Å²) in [6.07, 6.45) is 0. The highest BCUT2D eigenvalue weighted by molar-refractivity contribution is 6.32. The number of hydrogen-bond acceptors (Lipinski definition) is 5. The smallest absolute Gasteiger partial charge is 0.288 e. The number of carbonyl (C=O) groups excluding carboxylic acids is 3. The Hall–Kier alpha value is -3.26. The quantitative estimate of drug-likeness (QED) is 0.514. The Morgan fingerprint density at radius 2 is 1.80 bits per heavy atom. The number of nitrogens with zero attached hydrogens (tertiary/aromatic N) is 2. The van der Waals surface area contributed by atoms with Crippen molar-refractivity contribution in [3.8, 4) is 0 Å². The van der Waals surface area contributed by atoms with Crippen LogP contribution in [0, 0.1) is 10.1 Å². The van der Waals surface area contributed by atoms with Gasteiger partial charge in [0.15, 0.2) is 0 Å². The predicted molar refractivity (Wildman–Crippen MR) is 88.9 cm³/mol. The first-order valence-electron chi connectivity index (χ1n) is 7.01. The topological polar surface area (TPSA) is 110 Å². The van der Waals surface area contributed by atoms with Gasteiger partial charge >= 0.3 is 0 Å². The summed E-state index contributed by atoms with van der Waals surface area (Å²) in [4.78, 5) is 47.3. The van der Waals surface area contributed by atoms with Gasteiger partial charge in [-0.05, 0) is 30.3 Å². The van der Waals surface area contributed by atoms with Crippen molar-refractivity contribution in [2.24, 2.45) is 0 Å². The van der Waals surface area contributed by atoms with Gasteiger partial charge in [0, 0.05) is 24.4 Å². The monoisotopic (exact) mass is 359 g/mol. The van der Waals surface area contributed by atoms with Crippen molar-refractivity contribution >= 4 is 40.7 Å². The molecule has 8 nitrogen and oxygen atoms in total. The molecule has 0 unspecified atom stereocenters. The standard InChI is InChI=1S/C16H10ClN3O5/c1-19-15(22)10-4-3-9(7-11(10)16(19)23)18-14(21)8-2-5-12(17)13(6-8)20(24)25/h2-7H,1H3,(H,18,21). The first kappa shape index (κ1) is 16.6. The molecule has 0 aliphatic carbocycles. The van der Waals surface area contributed by atoms with Crippen LogP contribution in [-0.2, 0) is 0 Å². The number of nitrogens with one attached hydrogen (secondary N) is 1. The molecule has 1 aliphatic heterocycles. The zero-order chi connectivity index (χ0) is 18.3. The van der Waals surface area contributed by atoms with E-state index in [0.717, 1.165) is 11.0 Å². The maximum Gasteiger partial charge on any atom is 0.288 e. The molecule has 3 rings (SSSR count). The number of fused-ring (bicyclic) bond motifs is 1. The highest BCUT2D eigenvalue weighted by Gasteiger charge is 2.32. The number of anilines is 1. The molecule has 0 bridgehead atoms. The number of halogens is 1. The van der Waals surface area contributed by atoms with E-state index in [1.807, 2.05) is 0 Å². The molecule has 0 radical (unpaired) electrons. The van der Waals surface area contributed by atoms with Gasteiger partial charge in [0.05, 0.1) is 16.1 Å². The number of amides is 3. The lowest BCUT2D eigenvalue weighted by Gasteiger charge is -2.07. The third-order valence-corrected chi connectivity index (χ3v) is 4.07. The second-order valence-electron chi connectivity index (χ2n) is 5.31. The number of imide groups is 1. The Morgan fingerprint density at radius 1 is 1.12 bits per heavy atom. The molecule has 2 aromatic carbocycles. The first-order valence-corrected chi connectivity index (χ1v) is 7.39. The Labute approximate surface area is 146 Å². The number of nitro benzene ring substituents is 1. The summed E-state index contributed by atoms with van der Waals surface area (Å²) >= 11 is 5.72. The Kier molecular flexibility index (Phi) is 3.97. The van der Waals surface area contributed by atoms with E-state index in [0.29, 0.717) is 0 Å². The Bertz CT molecular complexity index is 957. The second-order valence-corrected chi connectivity index (χ2v) is 5.71. The molecule has 9 heteroatoms. The Balaban J connectivity index is 1.88. The van der Waals surface area contributed by atoms with Crippen molar-refractivity contribution in [3.05, 3.63) is 68.2 Å². The number of hydrogen-bond donors (Lipinski definition) is 1. The summed E-state index contributed by atoms with van der Waals surface area (Å²) in [5, 5.41) is 13.4. The zero-order valence-electron chi connectivity index (χ0n) is 12.8. The van der Waals surface area contributed by atoms with E-state index in [9.17, 15) is 24.5 Å². The minimum atomic E-state index is -0.686. The van der Waals surface area contributed by atoms with E-state index in [4.69, 9.17) is 11.6 Å². The van der Waals surface area contributed by atoms with Gasteiger partial charge in [0.2, 0.25) is 0 Å². The van der Waals surface area contributed by atoms with Gasteiger partial charge in [-0.2, -0.15) is 0 Å². The molecule has 0 fully saturated rings. The van der Waals surface area contributed by atoms with Gasteiger partial charge in [-0.3, -0.25) is 29.4 Å². The number of carbonyl (C=O) groups is 3. The average Bonchev–Trinajstić information content (AvgIpc) is 2.79. The molecular weight excluding hydrogens is 350 g/mol. The van der Waals surface area contributed by atoms with Crippen molar-refractivity contribution in [2.75, 3.05) is 12.4 Å². The molecule has 1 aliphatic rings. The summed E-state index contributed by atoms with van der Waals surface area (Å²) in [5.41, 5.74) is 0.389. The van der Waals surface area contributed by atoms with Gasteiger partial charge in [-0.25, -0.2) is 0 Å². The van der Waals surface area contributed by atoms with E-state index >= 15 is 0 Å². The van der Waals surface area contributed by atoms with Crippen LogP contribution in [0.3, 0.4) is 0 Å². The molecule has 0 aromatic heterocycles. The first-order chi connectivity index (χ1) is 11.8. The van der Waals surface area contributed by atoms with Gasteiger partial charge in [0.1, 0.15) is 5.02 Å². The third-order valence-electron chi connectivity index (χ3n) is 3.75. The molecule has 0 spiro atoms. The van der Waals surface area contributed by atoms with Crippen LogP contribution in [-0.4, -0.2) is 34.6 Å². The normalized spacial score (nSPS) is 13.0. The van der Waals surface area contributed by atoms with E-state index in [1.165, 1.54) is 37.4 Å². The van der Waals surface area contributed by atoms with Gasteiger partial charge in [-0.1, -0.05) is 11.6 Å². The van der Waals surface area contributed by atoms with Crippen molar-refractivity contribution in [2.45, 2.75) is 0 Å². The Morgan fingerprint density at radius 3 is 2.48 bits per heavy atom. The summed E-state index contributed by atoms with van der Waals surface area (Å²) in [7, 11) is 1.37. The minimum Gasteiger partial charge on any atom is -0.322 e. The highest BCUT2D eigenvalue weighted by Crippen LogP contribution is 2.27. The largest absolute Gasteiger partial charge is 0.322 e. The lowest BCUT2D eigenvalue weighted by Crippen LogP contribution is -2.24. The fourth-order valence-electron chi connectivity index (χ4n) is 2.44. The van der Waals surface area contributed by atoms with E-state index in [-0.39, 0.29) is 33.1 Å². The van der Waals surface area contributed by atoms with Gasteiger partial charge in [-0.15, -0.1) is 0 Å². The van der Waals surface area contributed by atoms with Gasteiger partial charge in [0.25, 0.3) is 23.4 Å². The SMILES string of the molecule is CN1C(=O)c2ccc(NC(=O)c3ccc(Cl)c([N+](=O)[O-])c3)cc2C1=O. The molecule has 0 saturated carbocycles. The maximum absolute atomic E-state index is 12.3. The average molecular weight is 360 g/mol. The molecule has 2 aromatic rings. The predicted octanol–water partition coefficient (Wildman–Crippen LogP) is 2.73. The summed E-state index contributed by atoms with van der Waals surface area (Å²) < 4.78 is 0. The fraction of sp³-hybridized carbons (Fsp3) is 0.0625. The number of nitro groups is 1. The minimum absolute atomic E-state index is 0.0381.